The zero-order valence-corrected chi connectivity index (χ0v) is 18.3. The highest BCUT2D eigenvalue weighted by molar-refractivity contribution is 7.98. The standard InChI is InChI=1S/C22H24N6O2S/c1-3-17(27-29)15-10-11-19-18(12-15)24-21(30-19)14-31-22-26-25-20(28(22)4-2)13-23-16-8-6-5-7-9-16/h5-12,17,23H,3-4,13-14H2,1-2H3. The fourth-order valence-electron chi connectivity index (χ4n) is 3.37. The Morgan fingerprint density at radius 3 is 2.74 bits per heavy atom. The van der Waals surface area contributed by atoms with E-state index in [1.165, 1.54) is 11.8 Å². The molecular weight excluding hydrogens is 412 g/mol. The number of nitroso groups, excluding NO2 is 1. The van der Waals surface area contributed by atoms with Gasteiger partial charge >= 0.3 is 0 Å². The predicted molar refractivity (Wildman–Crippen MR) is 122 cm³/mol. The molecule has 0 aliphatic carbocycles. The van der Waals surface area contributed by atoms with Crippen LogP contribution in [0.2, 0.25) is 0 Å². The number of oxazole rings is 1. The molecule has 2 aromatic carbocycles. The summed E-state index contributed by atoms with van der Waals surface area (Å²) in [5.41, 5.74) is 3.34. The quantitative estimate of drug-likeness (QED) is 0.257. The number of aromatic nitrogens is 4. The van der Waals surface area contributed by atoms with Gasteiger partial charge in [-0.05, 0) is 43.2 Å². The monoisotopic (exact) mass is 436 g/mol. The van der Waals surface area contributed by atoms with Gasteiger partial charge in [0.2, 0.25) is 5.89 Å². The lowest BCUT2D eigenvalue weighted by atomic mass is 10.1. The molecule has 1 N–H and O–H groups in total. The van der Waals surface area contributed by atoms with Crippen LogP contribution < -0.4 is 5.32 Å². The minimum atomic E-state index is -0.357. The maximum Gasteiger partial charge on any atom is 0.205 e. The molecule has 31 heavy (non-hydrogen) atoms. The number of nitrogens with zero attached hydrogens (tertiary/aromatic N) is 5. The molecular formula is C22H24N6O2S. The molecule has 9 heteroatoms. The fourth-order valence-corrected chi connectivity index (χ4v) is 4.23. The molecule has 1 atom stereocenters. The van der Waals surface area contributed by atoms with Crippen molar-refractivity contribution < 1.29 is 4.42 Å². The molecule has 0 radical (unpaired) electrons. The van der Waals surface area contributed by atoms with Crippen LogP contribution in [0.3, 0.4) is 0 Å². The smallest absolute Gasteiger partial charge is 0.205 e. The highest BCUT2D eigenvalue weighted by Gasteiger charge is 2.15. The predicted octanol–water partition coefficient (Wildman–Crippen LogP) is 5.56. The normalized spacial score (nSPS) is 12.2. The summed E-state index contributed by atoms with van der Waals surface area (Å²) in [7, 11) is 0. The van der Waals surface area contributed by atoms with Gasteiger partial charge in [0.25, 0.3) is 0 Å². The molecule has 4 aromatic rings. The van der Waals surface area contributed by atoms with Crippen molar-refractivity contribution in [3.05, 3.63) is 70.7 Å². The fraction of sp³-hybridized carbons (Fsp3) is 0.318. The number of hydrogen-bond acceptors (Lipinski definition) is 8. The van der Waals surface area contributed by atoms with Crippen LogP contribution in [0, 0.1) is 4.91 Å². The lowest BCUT2D eigenvalue weighted by Crippen LogP contribution is -2.08. The van der Waals surface area contributed by atoms with Crippen molar-refractivity contribution >= 4 is 28.5 Å². The van der Waals surface area contributed by atoms with Gasteiger partial charge in [0.1, 0.15) is 11.6 Å². The van der Waals surface area contributed by atoms with Crippen LogP contribution in [0.4, 0.5) is 5.69 Å². The first kappa shape index (κ1) is 21.0. The van der Waals surface area contributed by atoms with E-state index in [-0.39, 0.29) is 6.04 Å². The maximum absolute atomic E-state index is 11.0. The molecule has 0 aliphatic rings. The first-order valence-corrected chi connectivity index (χ1v) is 11.3. The number of rotatable bonds is 10. The largest absolute Gasteiger partial charge is 0.440 e. The number of para-hydroxylation sites is 1. The van der Waals surface area contributed by atoms with Crippen LogP contribution in [0.1, 0.15) is 43.6 Å². The van der Waals surface area contributed by atoms with Crippen LogP contribution in [-0.4, -0.2) is 19.7 Å². The molecule has 8 nitrogen and oxygen atoms in total. The zero-order chi connectivity index (χ0) is 21.6. The summed E-state index contributed by atoms with van der Waals surface area (Å²) in [5, 5.41) is 16.1. The molecule has 160 valence electrons. The summed E-state index contributed by atoms with van der Waals surface area (Å²) in [4.78, 5) is 15.6. The highest BCUT2D eigenvalue weighted by Crippen LogP contribution is 2.28. The van der Waals surface area contributed by atoms with Gasteiger partial charge < -0.3 is 14.3 Å². The molecule has 0 saturated heterocycles. The van der Waals surface area contributed by atoms with Crippen molar-refractivity contribution in [1.82, 2.24) is 19.7 Å². The van der Waals surface area contributed by atoms with Crippen LogP contribution in [0.25, 0.3) is 11.1 Å². The lowest BCUT2D eigenvalue weighted by molar-refractivity contribution is 0.555. The third-order valence-electron chi connectivity index (χ3n) is 5.01. The Morgan fingerprint density at radius 2 is 2.00 bits per heavy atom. The number of anilines is 1. The van der Waals surface area contributed by atoms with Crippen molar-refractivity contribution in [1.29, 1.82) is 0 Å². The van der Waals surface area contributed by atoms with Crippen molar-refractivity contribution in [2.45, 2.75) is 50.3 Å². The average molecular weight is 437 g/mol. The van der Waals surface area contributed by atoms with Gasteiger partial charge in [0, 0.05) is 12.2 Å². The number of hydrogen-bond donors (Lipinski definition) is 1. The molecule has 0 bridgehead atoms. The molecule has 1 unspecified atom stereocenters. The van der Waals surface area contributed by atoms with E-state index in [2.05, 4.69) is 37.2 Å². The highest BCUT2D eigenvalue weighted by atomic mass is 32.2. The number of nitrogens with one attached hydrogen (secondary N) is 1. The molecule has 0 aliphatic heterocycles. The number of benzene rings is 2. The van der Waals surface area contributed by atoms with E-state index in [0.717, 1.165) is 34.3 Å². The molecule has 0 amide bonds. The molecule has 0 saturated carbocycles. The molecule has 4 rings (SSSR count). The lowest BCUT2D eigenvalue weighted by Gasteiger charge is -2.08. The van der Waals surface area contributed by atoms with Gasteiger partial charge in [0.15, 0.2) is 16.6 Å². The van der Waals surface area contributed by atoms with Crippen molar-refractivity contribution in [3.63, 3.8) is 0 Å². The van der Waals surface area contributed by atoms with E-state index < -0.39 is 0 Å². The Kier molecular flexibility index (Phi) is 6.61. The Hall–Kier alpha value is -3.20. The second kappa shape index (κ2) is 9.74. The Morgan fingerprint density at radius 1 is 1.16 bits per heavy atom. The second-order valence-electron chi connectivity index (χ2n) is 7.02. The van der Waals surface area contributed by atoms with Gasteiger partial charge in [0.05, 0.1) is 12.3 Å². The summed E-state index contributed by atoms with van der Waals surface area (Å²) in [6.45, 7) is 5.38. The van der Waals surface area contributed by atoms with Crippen molar-refractivity contribution in [2.24, 2.45) is 5.18 Å². The van der Waals surface area contributed by atoms with Crippen molar-refractivity contribution in [2.75, 3.05) is 5.32 Å². The maximum atomic E-state index is 11.0. The number of fused-ring (bicyclic) bond motifs is 1. The summed E-state index contributed by atoms with van der Waals surface area (Å²) in [5.74, 6) is 2.03. The topological polar surface area (TPSA) is 98.2 Å². The van der Waals surface area contributed by atoms with Gasteiger partial charge in [-0.25, -0.2) is 4.98 Å². The van der Waals surface area contributed by atoms with Crippen LogP contribution >= 0.6 is 11.8 Å². The van der Waals surface area contributed by atoms with E-state index in [1.807, 2.05) is 55.5 Å². The zero-order valence-electron chi connectivity index (χ0n) is 17.5. The van der Waals surface area contributed by atoms with Crippen LogP contribution in [-0.2, 0) is 18.8 Å². The Labute approximate surface area is 184 Å². The summed E-state index contributed by atoms with van der Waals surface area (Å²) in [6.07, 6.45) is 0.656. The van der Waals surface area contributed by atoms with E-state index in [0.29, 0.717) is 30.2 Å². The van der Waals surface area contributed by atoms with Gasteiger partial charge in [-0.15, -0.1) is 10.2 Å². The molecule has 2 aromatic heterocycles. The Bertz CT molecular complexity index is 1160. The first-order chi connectivity index (χ1) is 15.2. The SMILES string of the molecule is CCC(N=O)c1ccc2oc(CSc3nnc(CNc4ccccc4)n3CC)nc2c1. The second-order valence-corrected chi connectivity index (χ2v) is 7.96. The third kappa shape index (κ3) is 4.77. The van der Waals surface area contributed by atoms with E-state index >= 15 is 0 Å². The number of thioether (sulfide) groups is 1. The molecule has 2 heterocycles. The summed E-state index contributed by atoms with van der Waals surface area (Å²) in [6, 6.07) is 15.3. The Balaban J connectivity index is 1.44. The van der Waals surface area contributed by atoms with Crippen LogP contribution in [0.15, 0.2) is 63.3 Å². The van der Waals surface area contributed by atoms with E-state index in [1.54, 1.807) is 0 Å². The summed E-state index contributed by atoms with van der Waals surface area (Å²) >= 11 is 1.54. The van der Waals surface area contributed by atoms with E-state index in [9.17, 15) is 4.91 Å². The van der Waals surface area contributed by atoms with Gasteiger partial charge in [-0.2, -0.15) is 4.91 Å². The molecule has 0 spiro atoms. The third-order valence-corrected chi connectivity index (χ3v) is 5.96. The first-order valence-electron chi connectivity index (χ1n) is 10.3. The minimum absolute atomic E-state index is 0.357. The van der Waals surface area contributed by atoms with Gasteiger partial charge in [-0.1, -0.05) is 48.1 Å². The average Bonchev–Trinajstić information content (AvgIpc) is 3.40. The molecule has 0 fully saturated rings. The van der Waals surface area contributed by atoms with Gasteiger partial charge in [-0.3, -0.25) is 0 Å². The minimum Gasteiger partial charge on any atom is -0.440 e. The summed E-state index contributed by atoms with van der Waals surface area (Å²) < 4.78 is 7.95. The van der Waals surface area contributed by atoms with Crippen molar-refractivity contribution in [3.8, 4) is 0 Å². The van der Waals surface area contributed by atoms with Crippen LogP contribution in [0.5, 0.6) is 0 Å². The van der Waals surface area contributed by atoms with E-state index in [4.69, 9.17) is 4.42 Å².